The molecule has 0 aliphatic carbocycles. The Morgan fingerprint density at radius 3 is 2.78 bits per heavy atom. The minimum atomic E-state index is -0.520. The van der Waals surface area contributed by atoms with E-state index >= 15 is 0 Å². The van der Waals surface area contributed by atoms with Crippen molar-refractivity contribution in [3.63, 3.8) is 0 Å². The number of nitro groups is 1. The maximum Gasteiger partial charge on any atom is 0.367 e. The zero-order valence-electron chi connectivity index (χ0n) is 8.83. The highest BCUT2D eigenvalue weighted by atomic mass is 79.9. The summed E-state index contributed by atoms with van der Waals surface area (Å²) in [5.41, 5.74) is 0.338. The largest absolute Gasteiger partial charge is 0.447 e. The zero-order chi connectivity index (χ0) is 13.1. The molecule has 0 atom stereocenters. The second-order valence-electron chi connectivity index (χ2n) is 3.23. The average Bonchev–Trinajstić information content (AvgIpc) is 2.72. The van der Waals surface area contributed by atoms with Crippen LogP contribution in [0, 0.1) is 10.1 Å². The van der Waals surface area contributed by atoms with Crippen LogP contribution in [0.5, 0.6) is 11.5 Å². The summed E-state index contributed by atoms with van der Waals surface area (Å²) in [5.74, 6) is 0.397. The first-order valence-electron chi connectivity index (χ1n) is 4.77. The molecule has 0 aliphatic heterocycles. The van der Waals surface area contributed by atoms with Crippen LogP contribution in [0.1, 0.15) is 10.4 Å². The maximum atomic E-state index is 10.8. The van der Waals surface area contributed by atoms with Crippen LogP contribution >= 0.6 is 27.3 Å². The fourth-order valence-electron chi connectivity index (χ4n) is 1.32. The number of hydrogen-bond acceptors (Lipinski definition) is 5. The second-order valence-corrected chi connectivity index (χ2v) is 4.95. The SMILES string of the molecule is O=Cc1ccccc1Oc1c(Br)csc1[N+](=O)[O-]. The van der Waals surface area contributed by atoms with Crippen molar-refractivity contribution in [3.8, 4) is 11.5 Å². The molecule has 0 radical (unpaired) electrons. The third-order valence-corrected chi connectivity index (χ3v) is 3.91. The van der Waals surface area contributed by atoms with E-state index in [-0.39, 0.29) is 16.5 Å². The van der Waals surface area contributed by atoms with Gasteiger partial charge in [-0.3, -0.25) is 14.9 Å². The number of carbonyl (C=O) groups excluding carboxylic acids is 1. The molecule has 2 aromatic rings. The summed E-state index contributed by atoms with van der Waals surface area (Å²) in [6.07, 6.45) is 0.640. The number of ether oxygens (including phenoxy) is 1. The van der Waals surface area contributed by atoms with Crippen LogP contribution in [0.25, 0.3) is 0 Å². The molecule has 18 heavy (non-hydrogen) atoms. The highest BCUT2D eigenvalue weighted by molar-refractivity contribution is 9.10. The second kappa shape index (κ2) is 5.28. The summed E-state index contributed by atoms with van der Waals surface area (Å²) < 4.78 is 5.94. The van der Waals surface area contributed by atoms with E-state index in [0.29, 0.717) is 16.3 Å². The van der Waals surface area contributed by atoms with Gasteiger partial charge in [-0.05, 0) is 28.1 Å². The molecule has 0 bridgehead atoms. The summed E-state index contributed by atoms with van der Waals surface area (Å²) in [6.45, 7) is 0. The number of rotatable bonds is 4. The Morgan fingerprint density at radius 1 is 1.39 bits per heavy atom. The molecule has 0 unspecified atom stereocenters. The molecule has 1 aromatic heterocycles. The fourth-order valence-corrected chi connectivity index (χ4v) is 2.66. The van der Waals surface area contributed by atoms with E-state index < -0.39 is 4.92 Å². The van der Waals surface area contributed by atoms with Crippen molar-refractivity contribution in [1.82, 2.24) is 0 Å². The maximum absolute atomic E-state index is 10.8. The zero-order valence-corrected chi connectivity index (χ0v) is 11.2. The van der Waals surface area contributed by atoms with Gasteiger partial charge in [0, 0.05) is 5.38 Å². The Labute approximate surface area is 114 Å². The quantitative estimate of drug-likeness (QED) is 0.483. The molecule has 5 nitrogen and oxygen atoms in total. The summed E-state index contributed by atoms with van der Waals surface area (Å²) in [7, 11) is 0. The van der Waals surface area contributed by atoms with Crippen LogP contribution in [0.2, 0.25) is 0 Å². The van der Waals surface area contributed by atoms with Crippen LogP contribution in [0.3, 0.4) is 0 Å². The number of para-hydroxylation sites is 1. The van der Waals surface area contributed by atoms with Gasteiger partial charge in [-0.1, -0.05) is 23.5 Å². The number of thiophene rings is 1. The normalized spacial score (nSPS) is 10.1. The van der Waals surface area contributed by atoms with Gasteiger partial charge in [0.25, 0.3) is 0 Å². The lowest BCUT2D eigenvalue weighted by atomic mass is 10.2. The molecule has 0 amide bonds. The standard InChI is InChI=1S/C11H6BrNO4S/c12-8-6-18-11(13(15)16)10(8)17-9-4-2-1-3-7(9)5-14/h1-6H. The molecule has 0 aliphatic rings. The topological polar surface area (TPSA) is 69.4 Å². The van der Waals surface area contributed by atoms with E-state index in [0.717, 1.165) is 11.3 Å². The van der Waals surface area contributed by atoms with Crippen molar-refractivity contribution in [2.75, 3.05) is 0 Å². The van der Waals surface area contributed by atoms with Gasteiger partial charge in [0.1, 0.15) is 5.75 Å². The number of benzene rings is 1. The van der Waals surface area contributed by atoms with E-state index in [9.17, 15) is 14.9 Å². The average molecular weight is 328 g/mol. The Bertz CT molecular complexity index is 611. The Morgan fingerprint density at radius 2 is 2.11 bits per heavy atom. The summed E-state index contributed by atoms with van der Waals surface area (Å²) in [5, 5.41) is 12.3. The third-order valence-electron chi connectivity index (χ3n) is 2.11. The first-order chi connectivity index (χ1) is 8.63. The number of nitrogens with zero attached hydrogens (tertiary/aromatic N) is 1. The number of hydrogen-bond donors (Lipinski definition) is 0. The van der Waals surface area contributed by atoms with Crippen molar-refractivity contribution >= 4 is 38.6 Å². The van der Waals surface area contributed by atoms with Gasteiger partial charge < -0.3 is 4.74 Å². The first kappa shape index (κ1) is 12.7. The molecule has 1 heterocycles. The molecular formula is C11H6BrNO4S. The predicted octanol–water partition coefficient (Wildman–Crippen LogP) is 4.02. The number of aldehydes is 1. The Kier molecular flexibility index (Phi) is 3.73. The van der Waals surface area contributed by atoms with Gasteiger partial charge in [-0.15, -0.1) is 0 Å². The molecule has 2 rings (SSSR count). The van der Waals surface area contributed by atoms with E-state index in [1.807, 2.05) is 0 Å². The molecule has 0 saturated heterocycles. The van der Waals surface area contributed by atoms with Crippen LogP contribution in [-0.2, 0) is 0 Å². The fraction of sp³-hybridized carbons (Fsp3) is 0. The lowest BCUT2D eigenvalue weighted by molar-refractivity contribution is -0.381. The monoisotopic (exact) mass is 327 g/mol. The Hall–Kier alpha value is -1.73. The highest BCUT2D eigenvalue weighted by Crippen LogP contribution is 2.43. The van der Waals surface area contributed by atoms with Gasteiger partial charge >= 0.3 is 5.00 Å². The van der Waals surface area contributed by atoms with Gasteiger partial charge in [-0.2, -0.15) is 0 Å². The van der Waals surface area contributed by atoms with Crippen LogP contribution in [-0.4, -0.2) is 11.2 Å². The minimum absolute atomic E-state index is 0.109. The third kappa shape index (κ3) is 2.41. The van der Waals surface area contributed by atoms with E-state index in [2.05, 4.69) is 15.9 Å². The van der Waals surface area contributed by atoms with Crippen molar-refractivity contribution in [2.24, 2.45) is 0 Å². The van der Waals surface area contributed by atoms with Crippen LogP contribution in [0.4, 0.5) is 5.00 Å². The van der Waals surface area contributed by atoms with Gasteiger partial charge in [0.15, 0.2) is 6.29 Å². The number of halogens is 1. The molecular weight excluding hydrogens is 322 g/mol. The van der Waals surface area contributed by atoms with Gasteiger partial charge in [0.05, 0.1) is 15.0 Å². The van der Waals surface area contributed by atoms with Crippen molar-refractivity contribution in [1.29, 1.82) is 0 Å². The van der Waals surface area contributed by atoms with Gasteiger partial charge in [-0.25, -0.2) is 0 Å². The van der Waals surface area contributed by atoms with Crippen LogP contribution < -0.4 is 4.74 Å². The van der Waals surface area contributed by atoms with E-state index in [4.69, 9.17) is 4.74 Å². The molecule has 7 heteroatoms. The molecule has 0 saturated carbocycles. The highest BCUT2D eigenvalue weighted by Gasteiger charge is 2.22. The summed E-state index contributed by atoms with van der Waals surface area (Å²) in [6, 6.07) is 6.54. The smallest absolute Gasteiger partial charge is 0.367 e. The molecule has 0 fully saturated rings. The lowest BCUT2D eigenvalue weighted by Crippen LogP contribution is -1.92. The van der Waals surface area contributed by atoms with Crippen molar-refractivity contribution in [2.45, 2.75) is 0 Å². The van der Waals surface area contributed by atoms with E-state index in [1.54, 1.807) is 29.6 Å². The van der Waals surface area contributed by atoms with E-state index in [1.165, 1.54) is 0 Å². The molecule has 1 aromatic carbocycles. The molecule has 92 valence electrons. The predicted molar refractivity (Wildman–Crippen MR) is 70.6 cm³/mol. The lowest BCUT2D eigenvalue weighted by Gasteiger charge is -2.06. The summed E-state index contributed by atoms with van der Waals surface area (Å²) >= 11 is 4.14. The van der Waals surface area contributed by atoms with Crippen molar-refractivity contribution < 1.29 is 14.5 Å². The molecule has 0 spiro atoms. The van der Waals surface area contributed by atoms with Crippen LogP contribution in [0.15, 0.2) is 34.1 Å². The number of carbonyl (C=O) groups is 1. The van der Waals surface area contributed by atoms with Gasteiger partial charge in [0.2, 0.25) is 5.75 Å². The van der Waals surface area contributed by atoms with Crippen molar-refractivity contribution in [3.05, 3.63) is 49.8 Å². The summed E-state index contributed by atoms with van der Waals surface area (Å²) in [4.78, 5) is 21.1. The minimum Gasteiger partial charge on any atom is -0.447 e. The first-order valence-corrected chi connectivity index (χ1v) is 6.44. The Balaban J connectivity index is 2.42. The molecule has 0 N–H and O–H groups in total.